The molecule has 0 aliphatic rings. The van der Waals surface area contributed by atoms with Crippen LogP contribution in [0.5, 0.6) is 0 Å². The van der Waals surface area contributed by atoms with Crippen LogP contribution in [0.1, 0.15) is 31.1 Å². The van der Waals surface area contributed by atoms with E-state index in [4.69, 9.17) is 5.11 Å². The van der Waals surface area contributed by atoms with E-state index in [1.807, 2.05) is 0 Å². The second-order valence-electron chi connectivity index (χ2n) is 6.18. The van der Waals surface area contributed by atoms with Crippen molar-refractivity contribution >= 4 is 27.6 Å². The molecule has 0 bridgehead atoms. The minimum absolute atomic E-state index is 0.204. The van der Waals surface area contributed by atoms with E-state index in [1.54, 1.807) is 20.8 Å². The predicted molar refractivity (Wildman–Crippen MR) is 83.2 cm³/mol. The first-order valence-corrected chi connectivity index (χ1v) is 8.51. The van der Waals surface area contributed by atoms with Gasteiger partial charge in [-0.05, 0) is 23.6 Å². The van der Waals surface area contributed by atoms with E-state index in [1.165, 1.54) is 0 Å². The number of hydrogen-bond acceptors (Lipinski definition) is 4. The van der Waals surface area contributed by atoms with E-state index < -0.39 is 39.2 Å². The van der Waals surface area contributed by atoms with Gasteiger partial charge in [-0.1, -0.05) is 20.8 Å². The van der Waals surface area contributed by atoms with Crippen LogP contribution in [0.2, 0.25) is 0 Å². The molecule has 0 radical (unpaired) electrons. The molecule has 0 saturated heterocycles. The Hall–Kier alpha value is -2.00. The van der Waals surface area contributed by atoms with E-state index in [0.717, 1.165) is 24.5 Å². The maximum atomic E-state index is 13.7. The summed E-state index contributed by atoms with van der Waals surface area (Å²) in [5.41, 5.74) is -1.32. The summed E-state index contributed by atoms with van der Waals surface area (Å²) in [6.07, 6.45) is 0.907. The first-order chi connectivity index (χ1) is 10.3. The quantitative estimate of drug-likeness (QED) is 0.746. The van der Waals surface area contributed by atoms with Crippen molar-refractivity contribution < 1.29 is 27.5 Å². The molecule has 0 aliphatic heterocycles. The fourth-order valence-electron chi connectivity index (χ4n) is 1.80. The molecule has 0 spiro atoms. The number of hydrogen-bond donors (Lipinski definition) is 3. The highest BCUT2D eigenvalue weighted by atomic mass is 32.2. The number of halogens is 1. The van der Waals surface area contributed by atoms with Crippen LogP contribution in [0.3, 0.4) is 0 Å². The van der Waals surface area contributed by atoms with Crippen LogP contribution in [0.4, 0.5) is 10.1 Å². The molecule has 3 N–H and O–H groups in total. The van der Waals surface area contributed by atoms with Crippen molar-refractivity contribution in [1.29, 1.82) is 0 Å². The number of carboxylic acid groups (broad SMARTS) is 1. The summed E-state index contributed by atoms with van der Waals surface area (Å²) >= 11 is 0. The maximum absolute atomic E-state index is 13.7. The Balaban J connectivity index is 3.13. The third kappa shape index (κ3) is 5.61. The van der Waals surface area contributed by atoms with Crippen molar-refractivity contribution in [1.82, 2.24) is 4.72 Å². The number of rotatable bonds is 5. The first kappa shape index (κ1) is 19.0. The zero-order chi connectivity index (χ0) is 18.0. The standard InChI is InChI=1S/C14H19FN2O5S/c1-14(2,3)11(17-23(4,21)22)12(18)16-10-7-8(13(19)20)5-6-9(10)15/h5-7,11,17H,1-4H3,(H,16,18)(H,19,20). The van der Waals surface area contributed by atoms with Gasteiger partial charge in [0.1, 0.15) is 11.9 Å². The highest BCUT2D eigenvalue weighted by Crippen LogP contribution is 2.23. The van der Waals surface area contributed by atoms with Crippen molar-refractivity contribution in [3.05, 3.63) is 29.6 Å². The SMILES string of the molecule is CC(C)(C)C(NS(C)(=O)=O)C(=O)Nc1cc(C(=O)O)ccc1F. The molecule has 0 saturated carbocycles. The average Bonchev–Trinajstić information content (AvgIpc) is 2.36. The molecule has 1 aromatic carbocycles. The predicted octanol–water partition coefficient (Wildman–Crippen LogP) is 1.43. The molecule has 9 heteroatoms. The fraction of sp³-hybridized carbons (Fsp3) is 0.429. The zero-order valence-corrected chi connectivity index (χ0v) is 14.0. The van der Waals surface area contributed by atoms with Crippen LogP contribution in [0.15, 0.2) is 18.2 Å². The molecule has 1 rings (SSSR count). The van der Waals surface area contributed by atoms with Gasteiger partial charge in [-0.15, -0.1) is 0 Å². The number of benzene rings is 1. The molecule has 0 fully saturated rings. The molecular weight excluding hydrogens is 327 g/mol. The Labute approximate surface area is 133 Å². The number of carbonyl (C=O) groups is 2. The van der Waals surface area contributed by atoms with Crippen LogP contribution in [0.25, 0.3) is 0 Å². The topological polar surface area (TPSA) is 113 Å². The summed E-state index contributed by atoms with van der Waals surface area (Å²) in [7, 11) is -3.67. The number of anilines is 1. The van der Waals surface area contributed by atoms with E-state index in [9.17, 15) is 22.4 Å². The van der Waals surface area contributed by atoms with Crippen LogP contribution in [-0.4, -0.2) is 37.7 Å². The highest BCUT2D eigenvalue weighted by molar-refractivity contribution is 7.88. The van der Waals surface area contributed by atoms with Crippen LogP contribution in [-0.2, 0) is 14.8 Å². The molecule has 1 amide bonds. The molecule has 0 aliphatic carbocycles. The van der Waals surface area contributed by atoms with Crippen molar-refractivity contribution in [3.8, 4) is 0 Å². The van der Waals surface area contributed by atoms with Crippen molar-refractivity contribution in [2.75, 3.05) is 11.6 Å². The minimum atomic E-state index is -3.67. The summed E-state index contributed by atoms with van der Waals surface area (Å²) < 4.78 is 38.8. The third-order valence-corrected chi connectivity index (χ3v) is 3.60. The summed E-state index contributed by atoms with van der Waals surface area (Å²) in [6, 6.07) is 1.78. The zero-order valence-electron chi connectivity index (χ0n) is 13.2. The van der Waals surface area contributed by atoms with E-state index in [-0.39, 0.29) is 11.3 Å². The lowest BCUT2D eigenvalue weighted by Crippen LogP contribution is -2.51. The van der Waals surface area contributed by atoms with Gasteiger partial charge >= 0.3 is 5.97 Å². The summed E-state index contributed by atoms with van der Waals surface area (Å²) in [6.45, 7) is 4.92. The number of carbonyl (C=O) groups excluding carboxylic acids is 1. The third-order valence-electron chi connectivity index (χ3n) is 2.93. The number of nitrogens with one attached hydrogen (secondary N) is 2. The fourth-order valence-corrected chi connectivity index (χ4v) is 2.69. The normalized spacial score (nSPS) is 13.4. The van der Waals surface area contributed by atoms with E-state index >= 15 is 0 Å². The van der Waals surface area contributed by atoms with Crippen molar-refractivity contribution in [2.24, 2.45) is 5.41 Å². The summed E-state index contributed by atoms with van der Waals surface area (Å²) in [5, 5.41) is 11.1. The Morgan fingerprint density at radius 2 is 1.83 bits per heavy atom. The highest BCUT2D eigenvalue weighted by Gasteiger charge is 2.34. The molecule has 1 aromatic rings. The molecule has 7 nitrogen and oxygen atoms in total. The number of sulfonamides is 1. The Kier molecular flexibility index (Phi) is 5.49. The number of aromatic carboxylic acids is 1. The van der Waals surface area contributed by atoms with Gasteiger partial charge in [-0.25, -0.2) is 22.3 Å². The van der Waals surface area contributed by atoms with Crippen LogP contribution >= 0.6 is 0 Å². The summed E-state index contributed by atoms with van der Waals surface area (Å²) in [4.78, 5) is 23.2. The molecular formula is C14H19FN2O5S. The van der Waals surface area contributed by atoms with Crippen molar-refractivity contribution in [2.45, 2.75) is 26.8 Å². The summed E-state index contributed by atoms with van der Waals surface area (Å²) in [5.74, 6) is -2.89. The lowest BCUT2D eigenvalue weighted by atomic mass is 9.87. The van der Waals surface area contributed by atoms with Gasteiger partial charge in [0.2, 0.25) is 15.9 Å². The lowest BCUT2D eigenvalue weighted by Gasteiger charge is -2.29. The lowest BCUT2D eigenvalue weighted by molar-refractivity contribution is -0.119. The maximum Gasteiger partial charge on any atom is 0.335 e. The molecule has 0 heterocycles. The smallest absolute Gasteiger partial charge is 0.335 e. The Bertz CT molecular complexity index is 725. The van der Waals surface area contributed by atoms with Crippen LogP contribution < -0.4 is 10.0 Å². The second kappa shape index (κ2) is 6.63. The monoisotopic (exact) mass is 346 g/mol. The van der Waals surface area contributed by atoms with Gasteiger partial charge in [0.15, 0.2) is 0 Å². The van der Waals surface area contributed by atoms with Gasteiger partial charge in [-0.2, -0.15) is 0 Å². The first-order valence-electron chi connectivity index (χ1n) is 6.62. The van der Waals surface area contributed by atoms with Crippen molar-refractivity contribution in [3.63, 3.8) is 0 Å². The number of amides is 1. The Morgan fingerprint density at radius 3 is 2.26 bits per heavy atom. The average molecular weight is 346 g/mol. The van der Waals surface area contributed by atoms with E-state index in [2.05, 4.69) is 10.0 Å². The second-order valence-corrected chi connectivity index (χ2v) is 7.96. The number of carboxylic acids is 1. The molecule has 128 valence electrons. The minimum Gasteiger partial charge on any atom is -0.478 e. The largest absolute Gasteiger partial charge is 0.478 e. The molecule has 1 atom stereocenters. The van der Waals surface area contributed by atoms with Gasteiger partial charge in [0.05, 0.1) is 17.5 Å². The van der Waals surface area contributed by atoms with Gasteiger partial charge in [-0.3, -0.25) is 4.79 Å². The van der Waals surface area contributed by atoms with Gasteiger partial charge in [0, 0.05) is 0 Å². The van der Waals surface area contributed by atoms with Gasteiger partial charge in [0.25, 0.3) is 0 Å². The molecule has 23 heavy (non-hydrogen) atoms. The molecule has 0 aromatic heterocycles. The molecule has 1 unspecified atom stereocenters. The van der Waals surface area contributed by atoms with E-state index in [0.29, 0.717) is 0 Å². The van der Waals surface area contributed by atoms with Crippen LogP contribution in [0, 0.1) is 11.2 Å². The van der Waals surface area contributed by atoms with Gasteiger partial charge < -0.3 is 10.4 Å². The Morgan fingerprint density at radius 1 is 1.26 bits per heavy atom.